The summed E-state index contributed by atoms with van der Waals surface area (Å²) >= 11 is 0. The second-order valence-electron chi connectivity index (χ2n) is 6.41. The van der Waals surface area contributed by atoms with Gasteiger partial charge < -0.3 is 9.88 Å². The lowest BCUT2D eigenvalue weighted by Gasteiger charge is -2.10. The van der Waals surface area contributed by atoms with Crippen molar-refractivity contribution < 1.29 is 4.79 Å². The van der Waals surface area contributed by atoms with Crippen LogP contribution in [0.25, 0.3) is 10.9 Å². The zero-order chi connectivity index (χ0) is 17.0. The Morgan fingerprint density at radius 2 is 2.13 bits per heavy atom. The minimum atomic E-state index is 0.0140. The molecule has 3 nitrogen and oxygen atoms in total. The molecule has 0 spiro atoms. The topological polar surface area (TPSA) is 34.0 Å². The third-order valence-electron chi connectivity index (χ3n) is 4.35. The lowest BCUT2D eigenvalue weighted by atomic mass is 10.0. The molecule has 1 aromatic carbocycles. The molecule has 0 aliphatic heterocycles. The molecule has 0 saturated carbocycles. The van der Waals surface area contributed by atoms with Gasteiger partial charge in [0.25, 0.3) is 5.91 Å². The van der Waals surface area contributed by atoms with Gasteiger partial charge in [0, 0.05) is 24.0 Å². The van der Waals surface area contributed by atoms with Crippen molar-refractivity contribution >= 4 is 16.8 Å². The Kier molecular flexibility index (Phi) is 5.64. The molecule has 23 heavy (non-hydrogen) atoms. The summed E-state index contributed by atoms with van der Waals surface area (Å²) in [5.41, 5.74) is 4.22. The third kappa shape index (κ3) is 3.49. The van der Waals surface area contributed by atoms with Crippen LogP contribution in [0.3, 0.4) is 0 Å². The lowest BCUT2D eigenvalue weighted by molar-refractivity contribution is 0.0944. The van der Waals surface area contributed by atoms with Gasteiger partial charge in [0.1, 0.15) is 5.69 Å². The molecule has 0 bridgehead atoms. The van der Waals surface area contributed by atoms with Crippen LogP contribution in [0.15, 0.2) is 30.9 Å². The van der Waals surface area contributed by atoms with Crippen molar-refractivity contribution in [3.05, 3.63) is 47.7 Å². The zero-order valence-corrected chi connectivity index (χ0v) is 14.8. The molecule has 2 aromatic rings. The number of benzene rings is 1. The first-order valence-corrected chi connectivity index (χ1v) is 8.53. The van der Waals surface area contributed by atoms with E-state index >= 15 is 0 Å². The van der Waals surface area contributed by atoms with Crippen molar-refractivity contribution in [1.82, 2.24) is 9.88 Å². The molecule has 0 aliphatic carbocycles. The molecule has 0 unspecified atom stereocenters. The Bertz CT molecular complexity index is 710. The Labute approximate surface area is 139 Å². The van der Waals surface area contributed by atoms with Gasteiger partial charge in [-0.15, -0.1) is 6.58 Å². The van der Waals surface area contributed by atoms with Gasteiger partial charge >= 0.3 is 0 Å². The summed E-state index contributed by atoms with van der Waals surface area (Å²) in [7, 11) is 0. The van der Waals surface area contributed by atoms with E-state index < -0.39 is 0 Å². The largest absolute Gasteiger partial charge is 0.351 e. The van der Waals surface area contributed by atoms with E-state index in [0.717, 1.165) is 36.2 Å². The number of hydrogen-bond donors (Lipinski definition) is 1. The van der Waals surface area contributed by atoms with Crippen molar-refractivity contribution in [3.63, 3.8) is 0 Å². The molecule has 0 radical (unpaired) electrons. The molecule has 0 fully saturated rings. The van der Waals surface area contributed by atoms with Crippen molar-refractivity contribution in [2.75, 3.05) is 6.54 Å². The summed E-state index contributed by atoms with van der Waals surface area (Å²) in [6.07, 6.45) is 3.93. The lowest BCUT2D eigenvalue weighted by Crippen LogP contribution is -2.27. The second-order valence-corrected chi connectivity index (χ2v) is 6.41. The Balaban J connectivity index is 2.53. The monoisotopic (exact) mass is 312 g/mol. The number of rotatable bonds is 7. The van der Waals surface area contributed by atoms with Crippen LogP contribution in [-0.4, -0.2) is 17.0 Å². The first kappa shape index (κ1) is 17.3. The number of carbonyl (C=O) groups excluding carboxylic acids is 1. The van der Waals surface area contributed by atoms with Gasteiger partial charge in [-0.25, -0.2) is 0 Å². The number of fused-ring (bicyclic) bond motifs is 1. The minimum absolute atomic E-state index is 0.0140. The summed E-state index contributed by atoms with van der Waals surface area (Å²) in [4.78, 5) is 12.7. The second kappa shape index (κ2) is 7.49. The third-order valence-corrected chi connectivity index (χ3v) is 4.35. The fourth-order valence-corrected chi connectivity index (χ4v) is 2.97. The predicted octanol–water partition coefficient (Wildman–Crippen LogP) is 4.79. The Hall–Kier alpha value is -2.03. The van der Waals surface area contributed by atoms with E-state index in [9.17, 15) is 4.79 Å². The van der Waals surface area contributed by atoms with E-state index in [2.05, 4.69) is 55.4 Å². The van der Waals surface area contributed by atoms with Crippen LogP contribution in [0.5, 0.6) is 0 Å². The molecule has 0 aliphatic rings. The normalized spacial score (nSPS) is 11.2. The quantitative estimate of drug-likeness (QED) is 0.579. The highest BCUT2D eigenvalue weighted by Gasteiger charge is 2.19. The molecule has 1 amide bonds. The molecule has 124 valence electrons. The van der Waals surface area contributed by atoms with Gasteiger partial charge in [0.15, 0.2) is 0 Å². The number of nitrogens with one attached hydrogen (secondary N) is 1. The predicted molar refractivity (Wildman–Crippen MR) is 98.2 cm³/mol. The maximum Gasteiger partial charge on any atom is 0.268 e. The Morgan fingerprint density at radius 3 is 2.74 bits per heavy atom. The highest BCUT2D eigenvalue weighted by molar-refractivity contribution is 6.01. The summed E-state index contributed by atoms with van der Waals surface area (Å²) in [5.74, 6) is 0.489. The first-order chi connectivity index (χ1) is 11.0. The van der Waals surface area contributed by atoms with E-state index in [1.807, 2.05) is 13.0 Å². The number of carbonyl (C=O) groups is 1. The summed E-state index contributed by atoms with van der Waals surface area (Å²) in [5, 5.41) is 4.21. The first-order valence-electron chi connectivity index (χ1n) is 8.53. The molecule has 3 heteroatoms. The van der Waals surface area contributed by atoms with Crippen molar-refractivity contribution in [3.8, 4) is 0 Å². The van der Waals surface area contributed by atoms with Crippen LogP contribution >= 0.6 is 0 Å². The maximum atomic E-state index is 12.7. The SMILES string of the molecule is C=CCn1c(C(=O)NCCCC)c(C)c2cc(C(C)C)ccc21. The van der Waals surface area contributed by atoms with Gasteiger partial charge in [-0.3, -0.25) is 4.79 Å². The average molecular weight is 312 g/mol. The highest BCUT2D eigenvalue weighted by Crippen LogP contribution is 2.29. The van der Waals surface area contributed by atoms with Crippen LogP contribution in [0, 0.1) is 6.92 Å². The van der Waals surface area contributed by atoms with Crippen LogP contribution < -0.4 is 5.32 Å². The van der Waals surface area contributed by atoms with Crippen molar-refractivity contribution in [2.24, 2.45) is 0 Å². The molecular weight excluding hydrogens is 284 g/mol. The Morgan fingerprint density at radius 1 is 1.39 bits per heavy atom. The van der Waals surface area contributed by atoms with E-state index in [0.29, 0.717) is 12.5 Å². The average Bonchev–Trinajstić information content (AvgIpc) is 2.80. The summed E-state index contributed by atoms with van der Waals surface area (Å²) < 4.78 is 2.07. The van der Waals surface area contributed by atoms with E-state index in [1.54, 1.807) is 0 Å². The van der Waals surface area contributed by atoms with Crippen molar-refractivity contribution in [1.29, 1.82) is 0 Å². The van der Waals surface area contributed by atoms with Gasteiger partial charge in [0.2, 0.25) is 0 Å². The molecular formula is C20H28N2O. The van der Waals surface area contributed by atoms with Crippen LogP contribution in [-0.2, 0) is 6.54 Å². The van der Waals surface area contributed by atoms with E-state index in [1.165, 1.54) is 10.9 Å². The molecule has 1 N–H and O–H groups in total. The smallest absolute Gasteiger partial charge is 0.268 e. The van der Waals surface area contributed by atoms with Gasteiger partial charge in [-0.05, 0) is 42.5 Å². The summed E-state index contributed by atoms with van der Waals surface area (Å²) in [6, 6.07) is 6.51. The summed E-state index contributed by atoms with van der Waals surface area (Å²) in [6.45, 7) is 13.8. The van der Waals surface area contributed by atoms with Crippen LogP contribution in [0.4, 0.5) is 0 Å². The van der Waals surface area contributed by atoms with E-state index in [-0.39, 0.29) is 5.91 Å². The number of aromatic nitrogens is 1. The fraction of sp³-hybridized carbons (Fsp3) is 0.450. The van der Waals surface area contributed by atoms with Crippen LogP contribution in [0.1, 0.15) is 61.1 Å². The molecule has 0 saturated heterocycles. The van der Waals surface area contributed by atoms with Crippen molar-refractivity contribution in [2.45, 2.75) is 53.0 Å². The van der Waals surface area contributed by atoms with Gasteiger partial charge in [0.05, 0.1) is 0 Å². The number of amides is 1. The molecule has 0 atom stereocenters. The minimum Gasteiger partial charge on any atom is -0.351 e. The number of unbranched alkanes of at least 4 members (excludes halogenated alkanes) is 1. The van der Waals surface area contributed by atoms with Crippen LogP contribution in [0.2, 0.25) is 0 Å². The van der Waals surface area contributed by atoms with Gasteiger partial charge in [-0.1, -0.05) is 39.3 Å². The van der Waals surface area contributed by atoms with Gasteiger partial charge in [-0.2, -0.15) is 0 Å². The number of hydrogen-bond acceptors (Lipinski definition) is 1. The number of aryl methyl sites for hydroxylation is 1. The van der Waals surface area contributed by atoms with E-state index in [4.69, 9.17) is 0 Å². The molecule has 1 heterocycles. The highest BCUT2D eigenvalue weighted by atomic mass is 16.1. The fourth-order valence-electron chi connectivity index (χ4n) is 2.97. The number of allylic oxidation sites excluding steroid dienone is 1. The zero-order valence-electron chi connectivity index (χ0n) is 14.8. The molecule has 2 rings (SSSR count). The standard InChI is InChI=1S/C20H28N2O/c1-6-8-11-21-20(23)19-15(5)17-13-16(14(3)4)9-10-18(17)22(19)12-7-2/h7,9-10,13-14H,2,6,8,11-12H2,1,3-5H3,(H,21,23). The maximum absolute atomic E-state index is 12.7. The number of nitrogens with zero attached hydrogens (tertiary/aromatic N) is 1. The molecule has 1 aromatic heterocycles.